The van der Waals surface area contributed by atoms with Gasteiger partial charge in [0, 0.05) is 51.6 Å². The van der Waals surface area contributed by atoms with Gasteiger partial charge in [-0.3, -0.25) is 19.2 Å². The monoisotopic (exact) mass is 782 g/mol. The third-order valence-electron chi connectivity index (χ3n) is 14.8. The highest BCUT2D eigenvalue weighted by Gasteiger charge is 2.91. The first-order valence-corrected chi connectivity index (χ1v) is 19.0. The van der Waals surface area contributed by atoms with Crippen LogP contribution in [-0.4, -0.2) is 120 Å². The SMILES string of the molecule is COC(=O)C12OC1C(C)CC1(O)C3CCC4(C)C(C(OC(C)=O)C(OC(C)=O)C(COC(=O)CO)(C(C)C)C4CO)C3(C)C(OC(C)=O)C(OC(C)=O)C12C. The summed E-state index contributed by atoms with van der Waals surface area (Å²) in [6.45, 7) is 13.4. The van der Waals surface area contributed by atoms with E-state index in [2.05, 4.69) is 0 Å². The van der Waals surface area contributed by atoms with Crippen LogP contribution in [0.4, 0.5) is 0 Å². The van der Waals surface area contributed by atoms with Crippen LogP contribution in [0.1, 0.15) is 88.5 Å². The molecule has 0 amide bonds. The highest BCUT2D eigenvalue weighted by atomic mass is 16.7. The van der Waals surface area contributed by atoms with Gasteiger partial charge in [-0.2, -0.15) is 0 Å². The number of hydrogen-bond donors (Lipinski definition) is 3. The van der Waals surface area contributed by atoms with Crippen LogP contribution in [0.2, 0.25) is 0 Å². The molecule has 0 aromatic carbocycles. The molecule has 0 aromatic rings. The van der Waals surface area contributed by atoms with E-state index in [1.54, 1.807) is 27.7 Å². The second kappa shape index (κ2) is 14.2. The highest BCUT2D eigenvalue weighted by Crippen LogP contribution is 2.78. The number of aliphatic hydroxyl groups excluding tert-OH is 2. The van der Waals surface area contributed by atoms with Crippen LogP contribution in [0, 0.1) is 51.2 Å². The predicted molar refractivity (Wildman–Crippen MR) is 187 cm³/mol. The van der Waals surface area contributed by atoms with E-state index in [-0.39, 0.29) is 19.3 Å². The van der Waals surface area contributed by atoms with Gasteiger partial charge >= 0.3 is 35.8 Å². The van der Waals surface area contributed by atoms with Crippen LogP contribution >= 0.6 is 0 Å². The van der Waals surface area contributed by atoms with Gasteiger partial charge in [-0.15, -0.1) is 0 Å². The maximum Gasteiger partial charge on any atom is 0.341 e. The Balaban J connectivity index is 1.90. The van der Waals surface area contributed by atoms with Crippen molar-refractivity contribution < 1.29 is 77.2 Å². The molecule has 15 unspecified atom stereocenters. The van der Waals surface area contributed by atoms with Crippen molar-refractivity contribution >= 4 is 35.8 Å². The summed E-state index contributed by atoms with van der Waals surface area (Å²) >= 11 is 0. The molecule has 5 fully saturated rings. The van der Waals surface area contributed by atoms with Gasteiger partial charge < -0.3 is 48.5 Å². The van der Waals surface area contributed by atoms with Crippen LogP contribution < -0.4 is 0 Å². The third-order valence-corrected chi connectivity index (χ3v) is 14.8. The number of hydrogen-bond acceptors (Lipinski definition) is 16. The van der Waals surface area contributed by atoms with Gasteiger partial charge in [0.1, 0.15) is 37.6 Å². The van der Waals surface area contributed by atoms with Crippen molar-refractivity contribution in [2.24, 2.45) is 51.2 Å². The molecule has 16 nitrogen and oxygen atoms in total. The second-order valence-corrected chi connectivity index (χ2v) is 17.5. The van der Waals surface area contributed by atoms with Crippen LogP contribution in [0.5, 0.6) is 0 Å². The average Bonchev–Trinajstić information content (AvgIpc) is 3.85. The molecule has 0 spiro atoms. The van der Waals surface area contributed by atoms with E-state index in [9.17, 15) is 44.1 Å². The Hall–Kier alpha value is -3.34. The van der Waals surface area contributed by atoms with Gasteiger partial charge in [-0.1, -0.05) is 34.6 Å². The molecular formula is C39H58O16. The molecule has 5 aliphatic rings. The van der Waals surface area contributed by atoms with Gasteiger partial charge in [0.2, 0.25) is 5.60 Å². The number of fused-ring (bicyclic) bond motifs is 7. The highest BCUT2D eigenvalue weighted by molar-refractivity contribution is 5.86. The molecule has 55 heavy (non-hydrogen) atoms. The summed E-state index contributed by atoms with van der Waals surface area (Å²) in [6, 6.07) is 0. The minimum atomic E-state index is -1.91. The van der Waals surface area contributed by atoms with E-state index >= 15 is 0 Å². The average molecular weight is 783 g/mol. The Bertz CT molecular complexity index is 1600. The molecular weight excluding hydrogens is 724 g/mol. The summed E-state index contributed by atoms with van der Waals surface area (Å²) in [6.07, 6.45) is -6.07. The molecule has 1 saturated heterocycles. The first-order valence-electron chi connectivity index (χ1n) is 19.0. The molecule has 4 aliphatic carbocycles. The number of carbonyl (C=O) groups is 6. The fourth-order valence-corrected chi connectivity index (χ4v) is 12.9. The number of carbonyl (C=O) groups excluding carboxylic acids is 6. The summed E-state index contributed by atoms with van der Waals surface area (Å²) in [4.78, 5) is 79.3. The minimum Gasteiger partial charge on any atom is -0.467 e. The van der Waals surface area contributed by atoms with Crippen molar-refractivity contribution in [1.82, 2.24) is 0 Å². The Labute approximate surface area is 321 Å². The normalized spacial score (nSPS) is 45.3. The fraction of sp³-hybridized carbons (Fsp3) is 0.846. The van der Waals surface area contributed by atoms with Gasteiger partial charge in [-0.25, -0.2) is 9.59 Å². The van der Waals surface area contributed by atoms with Gasteiger partial charge in [0.15, 0.2) is 6.10 Å². The molecule has 4 saturated carbocycles. The van der Waals surface area contributed by atoms with Crippen LogP contribution in [-0.2, 0) is 61.9 Å². The van der Waals surface area contributed by atoms with E-state index in [4.69, 9.17) is 33.2 Å². The summed E-state index contributed by atoms with van der Waals surface area (Å²) in [7, 11) is 1.19. The number of epoxide rings is 1. The van der Waals surface area contributed by atoms with Crippen LogP contribution in [0.15, 0.2) is 0 Å². The topological polar surface area (TPSA) is 231 Å². The van der Waals surface area contributed by atoms with E-state index < -0.39 is 149 Å². The minimum absolute atomic E-state index is 0.0588. The molecule has 16 heteroatoms. The molecule has 3 N–H and O–H groups in total. The van der Waals surface area contributed by atoms with Crippen molar-refractivity contribution in [3.63, 3.8) is 0 Å². The van der Waals surface area contributed by atoms with Gasteiger partial charge in [0.25, 0.3) is 0 Å². The lowest BCUT2D eigenvalue weighted by molar-refractivity contribution is -0.363. The quantitative estimate of drug-likeness (QED) is 0.163. The number of methoxy groups -OCH3 is 1. The lowest BCUT2D eigenvalue weighted by Crippen LogP contribution is -2.84. The zero-order chi connectivity index (χ0) is 41.4. The van der Waals surface area contributed by atoms with Crippen molar-refractivity contribution in [2.45, 2.75) is 130 Å². The summed E-state index contributed by atoms with van der Waals surface area (Å²) in [5.74, 6) is -8.67. The van der Waals surface area contributed by atoms with E-state index in [0.717, 1.165) is 13.8 Å². The first kappa shape index (κ1) is 42.8. The Morgan fingerprint density at radius 2 is 1.38 bits per heavy atom. The second-order valence-electron chi connectivity index (χ2n) is 17.5. The Morgan fingerprint density at radius 1 is 0.836 bits per heavy atom. The summed E-state index contributed by atoms with van der Waals surface area (Å²) in [5.41, 5.74) is -9.61. The largest absolute Gasteiger partial charge is 0.467 e. The molecule has 1 aliphatic heterocycles. The number of aliphatic hydroxyl groups is 3. The smallest absolute Gasteiger partial charge is 0.341 e. The summed E-state index contributed by atoms with van der Waals surface area (Å²) in [5, 5.41) is 34.8. The molecule has 0 radical (unpaired) electrons. The zero-order valence-corrected chi connectivity index (χ0v) is 33.7. The molecule has 1 heterocycles. The maximum atomic E-state index is 13.9. The van der Waals surface area contributed by atoms with Gasteiger partial charge in [-0.05, 0) is 49.4 Å². The lowest BCUT2D eigenvalue weighted by Gasteiger charge is -2.75. The van der Waals surface area contributed by atoms with Crippen molar-refractivity contribution in [3.8, 4) is 0 Å². The maximum absolute atomic E-state index is 13.9. The first-order chi connectivity index (χ1) is 25.5. The third kappa shape index (κ3) is 5.73. The zero-order valence-electron chi connectivity index (χ0n) is 33.7. The van der Waals surface area contributed by atoms with Gasteiger partial charge in [0.05, 0.1) is 23.5 Å². The predicted octanol–water partition coefficient (Wildman–Crippen LogP) is 1.65. The number of esters is 6. The van der Waals surface area contributed by atoms with Crippen molar-refractivity contribution in [3.05, 3.63) is 0 Å². The molecule has 0 aromatic heterocycles. The lowest BCUT2D eigenvalue weighted by atomic mass is 9.31. The van der Waals surface area contributed by atoms with Crippen LogP contribution in [0.3, 0.4) is 0 Å². The molecule has 310 valence electrons. The fourth-order valence-electron chi connectivity index (χ4n) is 12.9. The van der Waals surface area contributed by atoms with E-state index in [1.807, 2.05) is 13.8 Å². The van der Waals surface area contributed by atoms with E-state index in [1.165, 1.54) is 21.0 Å². The molecule has 5 rings (SSSR count). The Morgan fingerprint density at radius 3 is 1.87 bits per heavy atom. The number of rotatable bonds is 10. The van der Waals surface area contributed by atoms with Crippen molar-refractivity contribution in [1.29, 1.82) is 0 Å². The van der Waals surface area contributed by atoms with Crippen LogP contribution in [0.25, 0.3) is 0 Å². The molecule has 0 bridgehead atoms. The van der Waals surface area contributed by atoms with E-state index in [0.29, 0.717) is 0 Å². The molecule has 15 atom stereocenters. The van der Waals surface area contributed by atoms with Crippen molar-refractivity contribution in [2.75, 3.05) is 26.9 Å². The Kier molecular flexibility index (Phi) is 11.1. The number of ether oxygens (including phenoxy) is 7. The summed E-state index contributed by atoms with van der Waals surface area (Å²) < 4.78 is 42.0. The standard InChI is InChI=1S/C39H58O16/c1-18(2)37(17-50-26(46)16-41)25(15-40)34(8)13-12-24-35(9,28(34)27(51-20(4)42)30(37)52-21(5)43)31(53-22(6)44)32(54-23(7)45)36(10)38(24,48)14-19(3)29-39(36,55-29)33(47)49-11/h18-19,24-25,27-32,40-41,48H,12-17H2,1-11H3.